The highest BCUT2D eigenvalue weighted by atomic mass is 16.4. The summed E-state index contributed by atoms with van der Waals surface area (Å²) in [5.74, 6) is -4.50. The molecule has 25 nitrogen and oxygen atoms in total. The third kappa shape index (κ3) is 26.4. The minimum absolute atomic E-state index is 0.0674. The number of phenols is 1. The second-order valence-electron chi connectivity index (χ2n) is 18.1. The third-order valence-electron chi connectivity index (χ3n) is 12.1. The summed E-state index contributed by atoms with van der Waals surface area (Å²) in [6.45, 7) is 9.09. The fourth-order valence-electron chi connectivity index (χ4n) is 7.82. The van der Waals surface area contributed by atoms with Crippen molar-refractivity contribution in [3.8, 4) is 5.75 Å². The molecule has 25 heteroatoms. The molecule has 1 saturated heterocycles. The van der Waals surface area contributed by atoms with Crippen LogP contribution in [0.4, 0.5) is 10.5 Å². The zero-order valence-corrected chi connectivity index (χ0v) is 42.9. The summed E-state index contributed by atoms with van der Waals surface area (Å²) in [7, 11) is 0. The van der Waals surface area contributed by atoms with Gasteiger partial charge in [-0.15, -0.1) is 0 Å². The van der Waals surface area contributed by atoms with Crippen LogP contribution in [-0.4, -0.2) is 211 Å². The van der Waals surface area contributed by atoms with Crippen molar-refractivity contribution in [2.24, 2.45) is 16.5 Å². The van der Waals surface area contributed by atoms with E-state index in [0.29, 0.717) is 111 Å². The van der Waals surface area contributed by atoms with Crippen LogP contribution in [0.2, 0.25) is 0 Å². The predicted octanol–water partition coefficient (Wildman–Crippen LogP) is -0.851. The maximum Gasteiger partial charge on any atom is 0.321 e. The quantitative estimate of drug-likeness (QED) is 0.0257. The third-order valence-corrected chi connectivity index (χ3v) is 12.1. The lowest BCUT2D eigenvalue weighted by molar-refractivity contribution is -0.140. The van der Waals surface area contributed by atoms with E-state index in [2.05, 4.69) is 47.1 Å². The summed E-state index contributed by atoms with van der Waals surface area (Å²) in [5.41, 5.74) is 14.3. The summed E-state index contributed by atoms with van der Waals surface area (Å²) in [6.07, 6.45) is 3.20. The van der Waals surface area contributed by atoms with E-state index < -0.39 is 47.8 Å². The van der Waals surface area contributed by atoms with Crippen molar-refractivity contribution in [3.63, 3.8) is 0 Å². The monoisotopic (exact) mass is 1040 g/mol. The minimum atomic E-state index is -1.01. The number of rotatable bonds is 30. The Hall–Kier alpha value is -6.64. The van der Waals surface area contributed by atoms with E-state index in [4.69, 9.17) is 11.5 Å². The molecule has 0 radical (unpaired) electrons. The maximum absolute atomic E-state index is 13.5. The van der Waals surface area contributed by atoms with Gasteiger partial charge >= 0.3 is 23.9 Å². The van der Waals surface area contributed by atoms with Crippen LogP contribution in [-0.2, 0) is 35.3 Å². The van der Waals surface area contributed by atoms with Gasteiger partial charge in [0.05, 0.1) is 31.6 Å². The lowest BCUT2D eigenvalue weighted by Crippen LogP contribution is -2.49. The molecular formula is C49H80N14O11. The van der Waals surface area contributed by atoms with Gasteiger partial charge in [0.25, 0.3) is 0 Å². The molecule has 1 fully saturated rings. The molecule has 0 spiro atoms. The fourth-order valence-corrected chi connectivity index (χ4v) is 7.82. The van der Waals surface area contributed by atoms with Gasteiger partial charge in [-0.05, 0) is 87.9 Å². The number of carbonyl (C=O) groups is 7. The topological polar surface area (TPSA) is 362 Å². The molecule has 74 heavy (non-hydrogen) atoms. The molecule has 0 saturated carbocycles. The molecule has 412 valence electrons. The Balaban J connectivity index is 1.39. The molecule has 0 bridgehead atoms. The number of nitrogens with one attached hydrogen (secondary N) is 7. The number of anilines is 1. The van der Waals surface area contributed by atoms with Gasteiger partial charge in [-0.1, -0.05) is 30.7 Å². The second-order valence-corrected chi connectivity index (χ2v) is 18.1. The van der Waals surface area contributed by atoms with Crippen LogP contribution in [0.15, 0.2) is 53.5 Å². The maximum atomic E-state index is 13.5. The summed E-state index contributed by atoms with van der Waals surface area (Å²) in [6, 6.07) is 11.7. The Labute approximate surface area is 433 Å². The van der Waals surface area contributed by atoms with Gasteiger partial charge in [0.15, 0.2) is 5.96 Å². The van der Waals surface area contributed by atoms with Crippen molar-refractivity contribution in [3.05, 3.63) is 59.7 Å². The second kappa shape index (κ2) is 34.7. The molecule has 2 aromatic rings. The van der Waals surface area contributed by atoms with Crippen LogP contribution in [0.3, 0.4) is 0 Å². The van der Waals surface area contributed by atoms with E-state index in [9.17, 15) is 54.0 Å². The van der Waals surface area contributed by atoms with Gasteiger partial charge in [0, 0.05) is 97.4 Å². The summed E-state index contributed by atoms with van der Waals surface area (Å²) in [4.78, 5) is 97.4. The highest BCUT2D eigenvalue weighted by Crippen LogP contribution is 2.19. The number of hydrogen-bond donors (Lipinski definition) is 13. The van der Waals surface area contributed by atoms with Gasteiger partial charge in [-0.25, -0.2) is 4.79 Å². The number of aliphatic carboxylic acids is 3. The number of aliphatic imine (C=N–C) groups is 1. The van der Waals surface area contributed by atoms with E-state index in [-0.39, 0.29) is 62.7 Å². The zero-order valence-electron chi connectivity index (χ0n) is 42.9. The number of amides is 5. The number of benzene rings is 2. The van der Waals surface area contributed by atoms with Gasteiger partial charge < -0.3 is 63.8 Å². The molecule has 1 aliphatic heterocycles. The molecule has 3 atom stereocenters. The first-order valence-corrected chi connectivity index (χ1v) is 25.3. The molecule has 1 aliphatic rings. The number of carbonyl (C=O) groups excluding carboxylic acids is 4. The van der Waals surface area contributed by atoms with Crippen LogP contribution in [0, 0.1) is 0 Å². The molecule has 0 aliphatic carbocycles. The van der Waals surface area contributed by atoms with Gasteiger partial charge in [0.2, 0.25) is 17.7 Å². The Morgan fingerprint density at radius 2 is 1.22 bits per heavy atom. The minimum Gasteiger partial charge on any atom is -0.508 e. The number of nitrogens with two attached hydrogens (primary N) is 2. The number of unbranched alkanes of at least 4 members (excludes halogenated alkanes) is 1. The average molecular weight is 1040 g/mol. The SMILES string of the molecule is CCNC(=O)NC(N)=NCCC[C@@H](NC(=O)C(C)c1ccc(NCCCNC(=O)[C@H](N)CCCCNCN2CCN(CC(=O)O)CCN(CC(=O)O)CCN(CC(=O)O)CC2)cc1)C(=O)NCc1ccc(O)cc1. The standard InChI is InChI=1S/C49H80N14O11/c1-3-53-49(74)59-48(51)56-19-6-9-41(47(73)57-30-36-10-16-39(64)17-11-36)58-45(71)35(2)37-12-14-38(15-13-37)54-20-7-21-55-46(72)40(50)8-4-5-18-52-34-63-28-26-61(32-43(67)68)24-22-60(31-42(65)66)23-25-62(27-29-63)33-44(69)70/h10-17,35,40-41,52,54,64H,3-9,18-34,50H2,1-2H3,(H,55,72)(H,57,73)(H,58,71)(H,65,66)(H,67,68)(H,69,70)(H4,51,53,56,59,74)/t35?,40-,41-/m1/s1. The predicted molar refractivity (Wildman–Crippen MR) is 279 cm³/mol. The lowest BCUT2D eigenvalue weighted by Gasteiger charge is -2.33. The van der Waals surface area contributed by atoms with E-state index in [1.807, 2.05) is 24.3 Å². The number of urea groups is 1. The molecular weight excluding hydrogens is 961 g/mol. The molecule has 2 aromatic carbocycles. The number of guanidine groups is 1. The molecule has 15 N–H and O–H groups in total. The van der Waals surface area contributed by atoms with E-state index in [0.717, 1.165) is 23.2 Å². The highest BCUT2D eigenvalue weighted by molar-refractivity contribution is 5.95. The molecule has 1 heterocycles. The van der Waals surface area contributed by atoms with E-state index >= 15 is 0 Å². The molecule has 5 amide bonds. The Morgan fingerprint density at radius 3 is 1.77 bits per heavy atom. The van der Waals surface area contributed by atoms with Gasteiger partial charge in [-0.2, -0.15) is 0 Å². The zero-order chi connectivity index (χ0) is 54.3. The van der Waals surface area contributed by atoms with Gasteiger partial charge in [0.1, 0.15) is 11.8 Å². The Bertz CT molecular complexity index is 2050. The fraction of sp³-hybridized carbons (Fsp3) is 0.592. The van der Waals surface area contributed by atoms with Crippen LogP contribution >= 0.6 is 0 Å². The normalized spacial score (nSPS) is 15.8. The van der Waals surface area contributed by atoms with Crippen LogP contribution in [0.5, 0.6) is 5.75 Å². The van der Waals surface area contributed by atoms with Crippen molar-refractivity contribution >= 4 is 53.3 Å². The average Bonchev–Trinajstić information content (AvgIpc) is 3.35. The number of carboxylic acid groups (broad SMARTS) is 3. The molecule has 3 rings (SSSR count). The van der Waals surface area contributed by atoms with Crippen LogP contribution < -0.4 is 48.7 Å². The first-order chi connectivity index (χ1) is 35.4. The number of nitrogens with zero attached hydrogens (tertiary/aromatic N) is 5. The summed E-state index contributed by atoms with van der Waals surface area (Å²) < 4.78 is 0. The number of phenolic OH excluding ortho intramolecular Hbond substituents is 1. The van der Waals surface area contributed by atoms with Crippen molar-refractivity contribution in [1.29, 1.82) is 0 Å². The van der Waals surface area contributed by atoms with Crippen molar-refractivity contribution in [2.75, 3.05) is 117 Å². The first kappa shape index (κ1) is 61.7. The molecule has 0 aromatic heterocycles. The smallest absolute Gasteiger partial charge is 0.321 e. The summed E-state index contributed by atoms with van der Waals surface area (Å²) >= 11 is 0. The molecule has 1 unspecified atom stereocenters. The van der Waals surface area contributed by atoms with Crippen molar-refractivity contribution in [2.45, 2.75) is 76.9 Å². The Kier molecular flexibility index (Phi) is 28.9. The first-order valence-electron chi connectivity index (χ1n) is 25.3. The number of hydrogen-bond acceptors (Lipinski definition) is 16. The lowest BCUT2D eigenvalue weighted by atomic mass is 9.99. The van der Waals surface area contributed by atoms with E-state index in [1.165, 1.54) is 12.1 Å². The largest absolute Gasteiger partial charge is 0.508 e. The Morgan fingerprint density at radius 1 is 0.649 bits per heavy atom. The summed E-state index contributed by atoms with van der Waals surface area (Å²) in [5, 5.41) is 58.2. The van der Waals surface area contributed by atoms with Crippen molar-refractivity contribution in [1.82, 2.24) is 51.5 Å². The van der Waals surface area contributed by atoms with E-state index in [1.54, 1.807) is 40.7 Å². The van der Waals surface area contributed by atoms with Gasteiger partial charge in [-0.3, -0.25) is 58.7 Å². The van der Waals surface area contributed by atoms with Crippen molar-refractivity contribution < 1.29 is 54.0 Å². The van der Waals surface area contributed by atoms with Crippen LogP contribution in [0.25, 0.3) is 0 Å². The van der Waals surface area contributed by atoms with Crippen LogP contribution in [0.1, 0.15) is 69.4 Å². The number of carboxylic acids is 3. The number of aromatic hydroxyl groups is 1. The highest BCUT2D eigenvalue weighted by Gasteiger charge is 2.25.